The number of hydrogen-bond acceptors (Lipinski definition) is 2. The average molecular weight is 265 g/mol. The average Bonchev–Trinajstić information content (AvgIpc) is 3.06. The van der Waals surface area contributed by atoms with Crippen LogP contribution in [0.25, 0.3) is 0 Å². The molecule has 1 aliphatic carbocycles. The van der Waals surface area contributed by atoms with Crippen LogP contribution in [0.1, 0.15) is 57.9 Å². The maximum absolute atomic E-state index is 3.78. The third-order valence-corrected chi connectivity index (χ3v) is 5.53. The number of hydrogen-bond donors (Lipinski definition) is 1. The third-order valence-electron chi connectivity index (χ3n) is 4.79. The number of rotatable bonds is 7. The molecular formula is C16H27NS. The fourth-order valence-corrected chi connectivity index (χ4v) is 4.35. The van der Waals surface area contributed by atoms with E-state index in [4.69, 9.17) is 0 Å². The highest BCUT2D eigenvalue weighted by atomic mass is 32.1. The zero-order valence-electron chi connectivity index (χ0n) is 11.9. The monoisotopic (exact) mass is 265 g/mol. The van der Waals surface area contributed by atoms with Gasteiger partial charge in [0, 0.05) is 6.04 Å². The molecule has 2 heteroatoms. The fraction of sp³-hybridized carbons (Fsp3) is 0.750. The molecule has 0 amide bonds. The van der Waals surface area contributed by atoms with Gasteiger partial charge in [-0.25, -0.2) is 0 Å². The molecule has 1 aromatic heterocycles. The number of aryl methyl sites for hydroxylation is 1. The highest BCUT2D eigenvalue weighted by molar-refractivity contribution is 7.07. The summed E-state index contributed by atoms with van der Waals surface area (Å²) in [6, 6.07) is 3.00. The summed E-state index contributed by atoms with van der Waals surface area (Å²) in [5, 5.41) is 8.28. The fourth-order valence-electron chi connectivity index (χ4n) is 3.64. The van der Waals surface area contributed by atoms with Crippen molar-refractivity contribution < 1.29 is 0 Å². The summed E-state index contributed by atoms with van der Waals surface area (Å²) in [6.07, 6.45) is 9.63. The first kappa shape index (κ1) is 14.1. The third kappa shape index (κ3) is 3.16. The van der Waals surface area contributed by atoms with Crippen molar-refractivity contribution in [3.8, 4) is 0 Å². The molecule has 1 N–H and O–H groups in total. The molecular weight excluding hydrogens is 238 g/mol. The summed E-state index contributed by atoms with van der Waals surface area (Å²) in [5.74, 6) is 0. The van der Waals surface area contributed by atoms with Crippen LogP contribution in [-0.4, -0.2) is 12.6 Å². The van der Waals surface area contributed by atoms with Crippen molar-refractivity contribution in [3.05, 3.63) is 22.4 Å². The van der Waals surface area contributed by atoms with Crippen molar-refractivity contribution in [2.24, 2.45) is 5.41 Å². The summed E-state index contributed by atoms with van der Waals surface area (Å²) in [7, 11) is 0. The van der Waals surface area contributed by atoms with E-state index in [0.717, 1.165) is 12.6 Å². The van der Waals surface area contributed by atoms with Gasteiger partial charge in [-0.1, -0.05) is 26.7 Å². The van der Waals surface area contributed by atoms with Gasteiger partial charge >= 0.3 is 0 Å². The van der Waals surface area contributed by atoms with Crippen LogP contribution in [0.2, 0.25) is 0 Å². The summed E-state index contributed by atoms with van der Waals surface area (Å²) in [4.78, 5) is 0. The summed E-state index contributed by atoms with van der Waals surface area (Å²) in [5.41, 5.74) is 2.11. The maximum atomic E-state index is 3.78. The lowest BCUT2D eigenvalue weighted by molar-refractivity contribution is 0.178. The van der Waals surface area contributed by atoms with Crippen molar-refractivity contribution in [2.45, 2.75) is 64.8 Å². The highest BCUT2D eigenvalue weighted by Gasteiger charge is 2.38. The Balaban J connectivity index is 1.98. The Kier molecular flexibility index (Phi) is 5.25. The van der Waals surface area contributed by atoms with E-state index in [1.165, 1.54) is 50.5 Å². The van der Waals surface area contributed by atoms with Crippen LogP contribution < -0.4 is 5.32 Å². The number of thiophene rings is 1. The summed E-state index contributed by atoms with van der Waals surface area (Å²) in [6.45, 7) is 5.74. The second kappa shape index (κ2) is 6.72. The van der Waals surface area contributed by atoms with E-state index in [9.17, 15) is 0 Å². The molecule has 102 valence electrons. The smallest absolute Gasteiger partial charge is 0.0126 e. The van der Waals surface area contributed by atoms with Gasteiger partial charge in [-0.3, -0.25) is 0 Å². The van der Waals surface area contributed by atoms with Crippen LogP contribution >= 0.6 is 11.3 Å². The lowest BCUT2D eigenvalue weighted by Gasteiger charge is -2.37. The Bertz CT molecular complexity index is 325. The largest absolute Gasteiger partial charge is 0.314 e. The summed E-state index contributed by atoms with van der Waals surface area (Å²) < 4.78 is 0. The molecule has 1 atom stereocenters. The van der Waals surface area contributed by atoms with Crippen LogP contribution in [0, 0.1) is 5.41 Å². The Hall–Kier alpha value is -0.340. The molecule has 1 heterocycles. The van der Waals surface area contributed by atoms with E-state index >= 15 is 0 Å². The SMILES string of the molecule is CCNC(CCc1ccsc1)C1(CC)CCCC1. The molecule has 0 spiro atoms. The van der Waals surface area contributed by atoms with Gasteiger partial charge < -0.3 is 5.32 Å². The van der Waals surface area contributed by atoms with E-state index in [1.54, 1.807) is 0 Å². The van der Waals surface area contributed by atoms with Gasteiger partial charge in [-0.05, 0) is 66.5 Å². The Morgan fingerprint density at radius 2 is 2.11 bits per heavy atom. The minimum Gasteiger partial charge on any atom is -0.314 e. The standard InChI is InChI=1S/C16H27NS/c1-3-16(10-5-6-11-16)15(17-4-2)8-7-14-9-12-18-13-14/h9,12-13,15,17H,3-8,10-11H2,1-2H3. The molecule has 0 radical (unpaired) electrons. The predicted molar refractivity (Wildman–Crippen MR) is 81.3 cm³/mol. The first-order valence-corrected chi connectivity index (χ1v) is 8.49. The molecule has 1 nitrogen and oxygen atoms in total. The quantitative estimate of drug-likeness (QED) is 0.758. The Labute approximate surface area is 116 Å². The predicted octanol–water partition coefficient (Wildman–Crippen LogP) is 4.63. The minimum atomic E-state index is 0.589. The molecule has 0 bridgehead atoms. The van der Waals surface area contributed by atoms with Crippen LogP contribution in [-0.2, 0) is 6.42 Å². The molecule has 2 rings (SSSR count). The van der Waals surface area contributed by atoms with Crippen molar-refractivity contribution in [2.75, 3.05) is 6.54 Å². The lowest BCUT2D eigenvalue weighted by Crippen LogP contribution is -2.44. The molecule has 1 aromatic rings. The van der Waals surface area contributed by atoms with Crippen molar-refractivity contribution in [3.63, 3.8) is 0 Å². The van der Waals surface area contributed by atoms with E-state index in [0.29, 0.717) is 5.41 Å². The van der Waals surface area contributed by atoms with Crippen molar-refractivity contribution in [1.82, 2.24) is 5.32 Å². The molecule has 0 aliphatic heterocycles. The second-order valence-electron chi connectivity index (χ2n) is 5.70. The Morgan fingerprint density at radius 3 is 2.67 bits per heavy atom. The van der Waals surface area contributed by atoms with Gasteiger partial charge in [0.2, 0.25) is 0 Å². The van der Waals surface area contributed by atoms with E-state index in [-0.39, 0.29) is 0 Å². The normalized spacial score (nSPS) is 20.1. The van der Waals surface area contributed by atoms with Crippen LogP contribution in [0.15, 0.2) is 16.8 Å². The molecule has 18 heavy (non-hydrogen) atoms. The van der Waals surface area contributed by atoms with Gasteiger partial charge in [-0.15, -0.1) is 0 Å². The number of nitrogens with one attached hydrogen (secondary N) is 1. The van der Waals surface area contributed by atoms with Gasteiger partial charge in [-0.2, -0.15) is 11.3 Å². The zero-order chi connectivity index (χ0) is 12.8. The van der Waals surface area contributed by atoms with Crippen LogP contribution in [0.4, 0.5) is 0 Å². The summed E-state index contributed by atoms with van der Waals surface area (Å²) >= 11 is 1.82. The van der Waals surface area contributed by atoms with Crippen LogP contribution in [0.3, 0.4) is 0 Å². The topological polar surface area (TPSA) is 12.0 Å². The van der Waals surface area contributed by atoms with Crippen molar-refractivity contribution in [1.29, 1.82) is 0 Å². The van der Waals surface area contributed by atoms with Crippen LogP contribution in [0.5, 0.6) is 0 Å². The zero-order valence-corrected chi connectivity index (χ0v) is 12.7. The first-order valence-electron chi connectivity index (χ1n) is 7.55. The molecule has 1 aliphatic rings. The first-order chi connectivity index (χ1) is 8.80. The van der Waals surface area contributed by atoms with E-state index in [1.807, 2.05) is 11.3 Å². The van der Waals surface area contributed by atoms with Gasteiger partial charge in [0.1, 0.15) is 0 Å². The molecule has 0 saturated heterocycles. The Morgan fingerprint density at radius 1 is 1.33 bits per heavy atom. The second-order valence-corrected chi connectivity index (χ2v) is 6.48. The molecule has 1 unspecified atom stereocenters. The minimum absolute atomic E-state index is 0.589. The molecule has 1 fully saturated rings. The maximum Gasteiger partial charge on any atom is 0.0126 e. The van der Waals surface area contributed by atoms with Crippen molar-refractivity contribution >= 4 is 11.3 Å². The van der Waals surface area contributed by atoms with Gasteiger partial charge in [0.15, 0.2) is 0 Å². The van der Waals surface area contributed by atoms with E-state index in [2.05, 4.69) is 36.0 Å². The molecule has 1 saturated carbocycles. The van der Waals surface area contributed by atoms with E-state index < -0.39 is 0 Å². The van der Waals surface area contributed by atoms with Gasteiger partial charge in [0.25, 0.3) is 0 Å². The molecule has 0 aromatic carbocycles. The highest BCUT2D eigenvalue weighted by Crippen LogP contribution is 2.45. The van der Waals surface area contributed by atoms with Gasteiger partial charge in [0.05, 0.1) is 0 Å². The lowest BCUT2D eigenvalue weighted by atomic mass is 9.74.